The van der Waals surface area contributed by atoms with Gasteiger partial charge in [-0.3, -0.25) is 4.79 Å². The number of benzene rings is 2. The number of ketones is 1. The highest BCUT2D eigenvalue weighted by molar-refractivity contribution is 7.89. The van der Waals surface area contributed by atoms with Crippen LogP contribution in [-0.4, -0.2) is 44.7 Å². The highest BCUT2D eigenvalue weighted by atomic mass is 32.2. The first-order valence-corrected chi connectivity index (χ1v) is 11.5. The summed E-state index contributed by atoms with van der Waals surface area (Å²) in [5.41, 5.74) is 0.845. The number of nitrogens with zero attached hydrogens (tertiary/aromatic N) is 1. The molecule has 1 heterocycles. The van der Waals surface area contributed by atoms with Crippen LogP contribution in [0.15, 0.2) is 47.4 Å². The Bertz CT molecular complexity index is 993. The number of anilines is 1. The van der Waals surface area contributed by atoms with Gasteiger partial charge in [0.05, 0.1) is 18.6 Å². The lowest BCUT2D eigenvalue weighted by molar-refractivity contribution is 0.101. The molecule has 1 N–H and O–H groups in total. The molecule has 1 fully saturated rings. The fraction of sp³-hybridized carbons (Fsp3) is 0.409. The van der Waals surface area contributed by atoms with Gasteiger partial charge >= 0.3 is 0 Å². The average Bonchev–Trinajstić information content (AvgIpc) is 2.77. The summed E-state index contributed by atoms with van der Waals surface area (Å²) in [6, 6.07) is 10.5. The van der Waals surface area contributed by atoms with Gasteiger partial charge in [-0.2, -0.15) is 4.31 Å². The van der Waals surface area contributed by atoms with Crippen LogP contribution in [0.3, 0.4) is 0 Å². The molecule has 0 aromatic heterocycles. The van der Waals surface area contributed by atoms with Gasteiger partial charge in [-0.05, 0) is 61.7 Å². The second kappa shape index (κ2) is 9.57. The van der Waals surface area contributed by atoms with Crippen LogP contribution in [0.1, 0.15) is 43.0 Å². The lowest BCUT2D eigenvalue weighted by Gasteiger charge is -2.34. The summed E-state index contributed by atoms with van der Waals surface area (Å²) >= 11 is 0. The molecule has 1 saturated heterocycles. The molecular weight excluding hydrogens is 407 g/mol. The Morgan fingerprint density at radius 1 is 1.20 bits per heavy atom. The van der Waals surface area contributed by atoms with E-state index in [4.69, 9.17) is 4.74 Å². The molecule has 2 aromatic carbocycles. The van der Waals surface area contributed by atoms with E-state index in [1.807, 2.05) is 6.92 Å². The Labute approximate surface area is 177 Å². The molecule has 162 valence electrons. The molecule has 0 bridgehead atoms. The van der Waals surface area contributed by atoms with E-state index in [2.05, 4.69) is 5.32 Å². The molecule has 0 amide bonds. The number of rotatable bonds is 8. The van der Waals surface area contributed by atoms with Gasteiger partial charge in [-0.1, -0.05) is 13.3 Å². The van der Waals surface area contributed by atoms with Crippen molar-refractivity contribution in [2.75, 3.05) is 25.5 Å². The molecule has 8 heteroatoms. The minimum Gasteiger partial charge on any atom is -0.494 e. The third-order valence-corrected chi connectivity index (χ3v) is 7.40. The molecular formula is C22H27FN2O4S. The topological polar surface area (TPSA) is 75.7 Å². The van der Waals surface area contributed by atoms with E-state index in [0.29, 0.717) is 12.2 Å². The van der Waals surface area contributed by atoms with Crippen LogP contribution in [0.5, 0.6) is 5.75 Å². The zero-order chi connectivity index (χ0) is 21.7. The Balaban J connectivity index is 1.65. The summed E-state index contributed by atoms with van der Waals surface area (Å²) in [7, 11) is -2.18. The largest absolute Gasteiger partial charge is 0.494 e. The number of methoxy groups -OCH3 is 1. The number of carbonyl (C=O) groups is 1. The molecule has 1 aliphatic rings. The highest BCUT2D eigenvalue weighted by Gasteiger charge is 2.32. The Morgan fingerprint density at radius 2 is 1.93 bits per heavy atom. The van der Waals surface area contributed by atoms with Crippen LogP contribution < -0.4 is 10.1 Å². The first-order valence-electron chi connectivity index (χ1n) is 10.1. The van der Waals surface area contributed by atoms with Crippen molar-refractivity contribution in [2.24, 2.45) is 0 Å². The number of carbonyl (C=O) groups excluding carboxylic acids is 1. The normalized spacial score (nSPS) is 17.5. The number of hydrogen-bond acceptors (Lipinski definition) is 5. The zero-order valence-electron chi connectivity index (χ0n) is 17.2. The molecule has 0 radical (unpaired) electrons. The second-order valence-corrected chi connectivity index (χ2v) is 9.21. The molecule has 1 unspecified atom stereocenters. The van der Waals surface area contributed by atoms with Crippen LogP contribution in [0, 0.1) is 5.82 Å². The van der Waals surface area contributed by atoms with Gasteiger partial charge in [-0.15, -0.1) is 0 Å². The maximum absolute atomic E-state index is 13.8. The van der Waals surface area contributed by atoms with E-state index in [-0.39, 0.29) is 34.6 Å². The summed E-state index contributed by atoms with van der Waals surface area (Å²) in [4.78, 5) is 12.5. The molecule has 2 aromatic rings. The number of piperidine rings is 1. The van der Waals surface area contributed by atoms with Crippen molar-refractivity contribution in [3.05, 3.63) is 53.8 Å². The monoisotopic (exact) mass is 434 g/mol. The van der Waals surface area contributed by atoms with Gasteiger partial charge in [0.25, 0.3) is 0 Å². The number of halogens is 1. The summed E-state index contributed by atoms with van der Waals surface area (Å²) in [6.07, 6.45) is 3.62. The van der Waals surface area contributed by atoms with Crippen molar-refractivity contribution in [1.82, 2.24) is 4.31 Å². The fourth-order valence-electron chi connectivity index (χ4n) is 3.70. The van der Waals surface area contributed by atoms with Crippen molar-refractivity contribution >= 4 is 21.5 Å². The molecule has 0 aliphatic carbocycles. The number of Topliss-reactive ketones (excluding diaryl/α,β-unsaturated/α-hetero) is 1. The standard InChI is InChI=1S/C22H27FN2O4S/c1-3-18-6-4-5-13-25(18)30(27,28)19-10-8-17(9-11-19)24-15-21(26)16-7-12-22(29-2)20(23)14-16/h7-12,14,18,24H,3-6,13,15H2,1-2H3. The molecule has 0 saturated carbocycles. The Morgan fingerprint density at radius 3 is 2.57 bits per heavy atom. The summed E-state index contributed by atoms with van der Waals surface area (Å²) in [5.74, 6) is -0.802. The molecule has 30 heavy (non-hydrogen) atoms. The number of sulfonamides is 1. The van der Waals surface area contributed by atoms with Crippen molar-refractivity contribution in [1.29, 1.82) is 0 Å². The van der Waals surface area contributed by atoms with E-state index in [9.17, 15) is 17.6 Å². The van der Waals surface area contributed by atoms with Crippen LogP contribution in [0.25, 0.3) is 0 Å². The van der Waals surface area contributed by atoms with Gasteiger partial charge in [0.15, 0.2) is 17.3 Å². The van der Waals surface area contributed by atoms with Crippen molar-refractivity contribution in [2.45, 2.75) is 43.5 Å². The summed E-state index contributed by atoms with van der Waals surface area (Å²) < 4.78 is 46.3. The summed E-state index contributed by atoms with van der Waals surface area (Å²) in [6.45, 7) is 2.52. The molecule has 6 nitrogen and oxygen atoms in total. The maximum atomic E-state index is 13.8. The zero-order valence-corrected chi connectivity index (χ0v) is 18.0. The Hall–Kier alpha value is -2.45. The van der Waals surface area contributed by atoms with Gasteiger partial charge in [0.1, 0.15) is 0 Å². The molecule has 3 rings (SSSR count). The van der Waals surface area contributed by atoms with Crippen molar-refractivity contribution in [3.63, 3.8) is 0 Å². The van der Waals surface area contributed by atoms with Gasteiger partial charge in [-0.25, -0.2) is 12.8 Å². The SMILES string of the molecule is CCC1CCCCN1S(=O)(=O)c1ccc(NCC(=O)c2ccc(OC)c(F)c2)cc1. The minimum atomic E-state index is -3.54. The number of hydrogen-bond donors (Lipinski definition) is 1. The number of nitrogens with one attached hydrogen (secondary N) is 1. The van der Waals surface area contributed by atoms with Crippen LogP contribution in [0.4, 0.5) is 10.1 Å². The van der Waals surface area contributed by atoms with E-state index in [1.165, 1.54) is 19.2 Å². The summed E-state index contributed by atoms with van der Waals surface area (Å²) in [5, 5.41) is 2.96. The third-order valence-electron chi connectivity index (χ3n) is 5.43. The third kappa shape index (κ3) is 4.82. The predicted octanol–water partition coefficient (Wildman–Crippen LogP) is 4.08. The van der Waals surface area contributed by atoms with E-state index in [1.54, 1.807) is 28.6 Å². The lowest BCUT2D eigenvalue weighted by Crippen LogP contribution is -2.43. The lowest BCUT2D eigenvalue weighted by atomic mass is 10.0. The molecule has 1 aliphatic heterocycles. The van der Waals surface area contributed by atoms with Crippen LogP contribution in [-0.2, 0) is 10.0 Å². The van der Waals surface area contributed by atoms with E-state index in [0.717, 1.165) is 31.7 Å². The highest BCUT2D eigenvalue weighted by Crippen LogP contribution is 2.27. The van der Waals surface area contributed by atoms with Gasteiger partial charge < -0.3 is 10.1 Å². The van der Waals surface area contributed by atoms with Crippen LogP contribution in [0.2, 0.25) is 0 Å². The van der Waals surface area contributed by atoms with Crippen molar-refractivity contribution in [3.8, 4) is 5.75 Å². The van der Waals surface area contributed by atoms with Gasteiger partial charge in [0.2, 0.25) is 10.0 Å². The molecule has 1 atom stereocenters. The first-order chi connectivity index (χ1) is 14.4. The molecule has 0 spiro atoms. The number of ether oxygens (including phenoxy) is 1. The smallest absolute Gasteiger partial charge is 0.243 e. The van der Waals surface area contributed by atoms with E-state index < -0.39 is 15.8 Å². The average molecular weight is 435 g/mol. The van der Waals surface area contributed by atoms with Crippen LogP contribution >= 0.6 is 0 Å². The van der Waals surface area contributed by atoms with Gasteiger partial charge in [0, 0.05) is 23.8 Å². The van der Waals surface area contributed by atoms with Crippen molar-refractivity contribution < 1.29 is 22.3 Å². The Kier molecular flexibility index (Phi) is 7.10. The quantitative estimate of drug-likeness (QED) is 0.634. The second-order valence-electron chi connectivity index (χ2n) is 7.32. The fourth-order valence-corrected chi connectivity index (χ4v) is 5.47. The minimum absolute atomic E-state index is 0.0398. The van der Waals surface area contributed by atoms with E-state index >= 15 is 0 Å². The maximum Gasteiger partial charge on any atom is 0.243 e. The predicted molar refractivity (Wildman–Crippen MR) is 114 cm³/mol. The first kappa shape index (κ1) is 22.2.